The summed E-state index contributed by atoms with van der Waals surface area (Å²) < 4.78 is 6.27. The molecule has 1 aliphatic heterocycles. The molecule has 13 heavy (non-hydrogen) atoms. The largest absolute Gasteiger partial charge is 0.369 e. The van der Waals surface area contributed by atoms with Crippen molar-refractivity contribution in [2.45, 2.75) is 6.10 Å². The molecular formula is C8H10N2OS2. The molecule has 0 radical (unpaired) electrons. The Kier molecular flexibility index (Phi) is 2.97. The predicted octanol–water partition coefficient (Wildman–Crippen LogP) is 1.94. The van der Waals surface area contributed by atoms with Crippen LogP contribution in [0, 0.1) is 4.64 Å². The summed E-state index contributed by atoms with van der Waals surface area (Å²) in [6, 6.07) is 1.77. The van der Waals surface area contributed by atoms with E-state index in [9.17, 15) is 0 Å². The molecule has 0 amide bonds. The second kappa shape index (κ2) is 4.21. The maximum absolute atomic E-state index is 5.56. The van der Waals surface area contributed by atoms with E-state index >= 15 is 0 Å². The second-order valence-corrected chi connectivity index (χ2v) is 4.34. The molecule has 70 valence electrons. The van der Waals surface area contributed by atoms with Crippen LogP contribution in [0.4, 0.5) is 0 Å². The van der Waals surface area contributed by atoms with E-state index in [1.807, 2.05) is 11.8 Å². The van der Waals surface area contributed by atoms with E-state index < -0.39 is 0 Å². The van der Waals surface area contributed by atoms with Gasteiger partial charge in [0.25, 0.3) is 0 Å². The fraction of sp³-hybridized carbons (Fsp3) is 0.500. The highest BCUT2D eigenvalue weighted by Gasteiger charge is 2.17. The zero-order chi connectivity index (χ0) is 9.10. The first-order chi connectivity index (χ1) is 6.36. The van der Waals surface area contributed by atoms with Gasteiger partial charge >= 0.3 is 0 Å². The van der Waals surface area contributed by atoms with Gasteiger partial charge in [-0.1, -0.05) is 12.2 Å². The first kappa shape index (κ1) is 9.18. The van der Waals surface area contributed by atoms with Gasteiger partial charge in [0.1, 0.15) is 16.6 Å². The quantitative estimate of drug-likeness (QED) is 0.725. The molecule has 1 unspecified atom stereocenters. The third kappa shape index (κ3) is 2.30. The van der Waals surface area contributed by atoms with Crippen LogP contribution >= 0.6 is 24.0 Å². The summed E-state index contributed by atoms with van der Waals surface area (Å²) in [5.74, 6) is 2.88. The monoisotopic (exact) mass is 214 g/mol. The van der Waals surface area contributed by atoms with E-state index in [0.717, 1.165) is 23.9 Å². The number of nitrogens with one attached hydrogen (secondary N) is 1. The molecule has 0 saturated carbocycles. The van der Waals surface area contributed by atoms with Crippen molar-refractivity contribution in [2.75, 3.05) is 18.1 Å². The fourth-order valence-electron chi connectivity index (χ4n) is 1.19. The molecule has 0 spiro atoms. The van der Waals surface area contributed by atoms with Crippen LogP contribution in [0.1, 0.15) is 11.9 Å². The Balaban J connectivity index is 2.19. The Morgan fingerprint density at radius 1 is 1.69 bits per heavy atom. The van der Waals surface area contributed by atoms with Crippen molar-refractivity contribution < 1.29 is 4.74 Å². The van der Waals surface area contributed by atoms with Gasteiger partial charge < -0.3 is 9.72 Å². The van der Waals surface area contributed by atoms with E-state index in [0.29, 0.717) is 4.64 Å². The van der Waals surface area contributed by atoms with Crippen molar-refractivity contribution in [1.29, 1.82) is 0 Å². The summed E-state index contributed by atoms with van der Waals surface area (Å²) in [5.41, 5.74) is 0. The topological polar surface area (TPSA) is 37.9 Å². The number of hydrogen-bond donors (Lipinski definition) is 1. The Morgan fingerprint density at radius 2 is 2.62 bits per heavy atom. The maximum Gasteiger partial charge on any atom is 0.137 e. The molecule has 1 fully saturated rings. The van der Waals surface area contributed by atoms with Crippen LogP contribution in [-0.4, -0.2) is 28.1 Å². The van der Waals surface area contributed by atoms with Gasteiger partial charge in [0.05, 0.1) is 6.61 Å². The van der Waals surface area contributed by atoms with Crippen molar-refractivity contribution in [2.24, 2.45) is 0 Å². The van der Waals surface area contributed by atoms with Gasteiger partial charge in [-0.2, -0.15) is 11.8 Å². The van der Waals surface area contributed by atoms with Crippen LogP contribution < -0.4 is 0 Å². The summed E-state index contributed by atoms with van der Waals surface area (Å²) >= 11 is 6.90. The molecule has 1 aliphatic rings. The van der Waals surface area contributed by atoms with Crippen molar-refractivity contribution in [3.05, 3.63) is 22.7 Å². The van der Waals surface area contributed by atoms with Crippen LogP contribution in [0.3, 0.4) is 0 Å². The van der Waals surface area contributed by atoms with Gasteiger partial charge in [0.15, 0.2) is 0 Å². The number of hydrogen-bond acceptors (Lipinski definition) is 4. The lowest BCUT2D eigenvalue weighted by Crippen LogP contribution is -2.17. The van der Waals surface area contributed by atoms with Crippen molar-refractivity contribution >= 4 is 24.0 Å². The lowest BCUT2D eigenvalue weighted by molar-refractivity contribution is 0.0693. The molecule has 0 aromatic carbocycles. The number of thioether (sulfide) groups is 1. The minimum atomic E-state index is 0.0849. The summed E-state index contributed by atoms with van der Waals surface area (Å²) in [5, 5.41) is 0. The Hall–Kier alpha value is -0.390. The number of H-pyrrole nitrogens is 1. The number of aromatic nitrogens is 2. The second-order valence-electron chi connectivity index (χ2n) is 2.75. The van der Waals surface area contributed by atoms with Gasteiger partial charge in [-0.15, -0.1) is 0 Å². The molecule has 2 heterocycles. The predicted molar refractivity (Wildman–Crippen MR) is 55.4 cm³/mol. The van der Waals surface area contributed by atoms with Crippen molar-refractivity contribution in [3.8, 4) is 0 Å². The molecule has 1 saturated heterocycles. The molecule has 5 heteroatoms. The molecule has 1 aromatic rings. The summed E-state index contributed by atoms with van der Waals surface area (Å²) in [7, 11) is 0. The number of nitrogens with zero attached hydrogens (tertiary/aromatic N) is 1. The summed E-state index contributed by atoms with van der Waals surface area (Å²) in [4.78, 5) is 7.25. The number of aromatic amines is 1. The zero-order valence-electron chi connectivity index (χ0n) is 7.03. The smallest absolute Gasteiger partial charge is 0.137 e. The van der Waals surface area contributed by atoms with Gasteiger partial charge in [0.2, 0.25) is 0 Å². The highest BCUT2D eigenvalue weighted by atomic mass is 32.2. The van der Waals surface area contributed by atoms with Crippen LogP contribution in [0.15, 0.2) is 12.3 Å². The first-order valence-corrected chi connectivity index (χ1v) is 5.67. The van der Waals surface area contributed by atoms with Crippen LogP contribution in [-0.2, 0) is 4.74 Å². The Bertz CT molecular complexity index is 333. The van der Waals surface area contributed by atoms with E-state index in [-0.39, 0.29) is 6.10 Å². The van der Waals surface area contributed by atoms with E-state index in [2.05, 4.69) is 9.97 Å². The molecular weight excluding hydrogens is 204 g/mol. The SMILES string of the molecule is S=c1ccnc(C2CSCCO2)[nH]1. The summed E-state index contributed by atoms with van der Waals surface area (Å²) in [6.45, 7) is 0.798. The first-order valence-electron chi connectivity index (χ1n) is 4.11. The highest BCUT2D eigenvalue weighted by molar-refractivity contribution is 7.99. The van der Waals surface area contributed by atoms with Gasteiger partial charge in [-0.3, -0.25) is 0 Å². The Labute approximate surface area is 85.9 Å². The van der Waals surface area contributed by atoms with Crippen molar-refractivity contribution in [1.82, 2.24) is 9.97 Å². The minimum Gasteiger partial charge on any atom is -0.369 e. The van der Waals surface area contributed by atoms with E-state index in [1.54, 1.807) is 12.3 Å². The third-order valence-corrected chi connectivity index (χ3v) is 3.04. The molecule has 0 bridgehead atoms. The highest BCUT2D eigenvalue weighted by Crippen LogP contribution is 2.23. The molecule has 1 atom stereocenters. The van der Waals surface area contributed by atoms with Crippen LogP contribution in [0.25, 0.3) is 0 Å². The summed E-state index contributed by atoms with van der Waals surface area (Å²) in [6.07, 6.45) is 1.80. The lowest BCUT2D eigenvalue weighted by Gasteiger charge is -2.20. The standard InChI is InChI=1S/C8H10N2OS2/c12-7-1-2-9-8(10-7)6-5-13-4-3-11-6/h1-2,6H,3-5H2,(H,9,10,12). The minimum absolute atomic E-state index is 0.0849. The van der Waals surface area contributed by atoms with Gasteiger partial charge in [-0.25, -0.2) is 4.98 Å². The van der Waals surface area contributed by atoms with Crippen molar-refractivity contribution in [3.63, 3.8) is 0 Å². The average molecular weight is 214 g/mol. The molecule has 1 aromatic heterocycles. The van der Waals surface area contributed by atoms with E-state index in [1.165, 1.54) is 0 Å². The normalized spacial score (nSPS) is 22.9. The Morgan fingerprint density at radius 3 is 3.31 bits per heavy atom. The van der Waals surface area contributed by atoms with E-state index in [4.69, 9.17) is 17.0 Å². The number of rotatable bonds is 1. The molecule has 0 aliphatic carbocycles. The number of ether oxygens (including phenoxy) is 1. The lowest BCUT2D eigenvalue weighted by atomic mass is 10.3. The third-order valence-electron chi connectivity index (χ3n) is 1.81. The van der Waals surface area contributed by atoms with Gasteiger partial charge in [0, 0.05) is 17.7 Å². The van der Waals surface area contributed by atoms with Gasteiger partial charge in [-0.05, 0) is 6.07 Å². The zero-order valence-corrected chi connectivity index (χ0v) is 8.66. The molecule has 2 rings (SSSR count). The maximum atomic E-state index is 5.56. The average Bonchev–Trinajstić information content (AvgIpc) is 2.19. The molecule has 3 nitrogen and oxygen atoms in total. The fourth-order valence-corrected chi connectivity index (χ4v) is 2.21. The molecule has 1 N–H and O–H groups in total. The van der Waals surface area contributed by atoms with Crippen LogP contribution in [0.2, 0.25) is 0 Å². The van der Waals surface area contributed by atoms with Crippen LogP contribution in [0.5, 0.6) is 0 Å².